The van der Waals surface area contributed by atoms with E-state index in [1.54, 1.807) is 10.7 Å². The molecule has 4 rings (SSSR count). The summed E-state index contributed by atoms with van der Waals surface area (Å²) < 4.78 is 41.3. The predicted molar refractivity (Wildman–Crippen MR) is 115 cm³/mol. The smallest absolute Gasteiger partial charge is 0.288 e. The van der Waals surface area contributed by atoms with Crippen molar-refractivity contribution in [1.29, 1.82) is 0 Å². The highest BCUT2D eigenvalue weighted by atomic mass is 19.4. The van der Waals surface area contributed by atoms with Gasteiger partial charge in [-0.3, -0.25) is 4.90 Å². The maximum absolute atomic E-state index is 13.2. The standard InChI is InChI=1S/C24H22F3N5/c1-17-9-6-7-14-21(17)32-23(28-29-30-32)22(19-11-4-3-5-12-19)31(2)16-18-10-8-13-20(15-18)24(25,26)27/h3-15,22H,16H2,1-2H3. The van der Waals surface area contributed by atoms with E-state index in [4.69, 9.17) is 0 Å². The van der Waals surface area contributed by atoms with Crippen LogP contribution >= 0.6 is 0 Å². The Morgan fingerprint density at radius 2 is 1.66 bits per heavy atom. The zero-order valence-corrected chi connectivity index (χ0v) is 17.7. The van der Waals surface area contributed by atoms with Crippen molar-refractivity contribution in [2.45, 2.75) is 25.7 Å². The van der Waals surface area contributed by atoms with Gasteiger partial charge in [0.1, 0.15) is 0 Å². The summed E-state index contributed by atoms with van der Waals surface area (Å²) in [4.78, 5) is 1.95. The molecule has 4 aromatic rings. The molecule has 0 aliphatic heterocycles. The van der Waals surface area contributed by atoms with Crippen LogP contribution in [0.2, 0.25) is 0 Å². The van der Waals surface area contributed by atoms with Gasteiger partial charge < -0.3 is 0 Å². The Kier molecular flexibility index (Phi) is 6.05. The van der Waals surface area contributed by atoms with Crippen molar-refractivity contribution in [3.63, 3.8) is 0 Å². The summed E-state index contributed by atoms with van der Waals surface area (Å²) in [5, 5.41) is 12.4. The lowest BCUT2D eigenvalue weighted by atomic mass is 10.0. The molecule has 0 aliphatic carbocycles. The molecule has 0 amide bonds. The number of hydrogen-bond acceptors (Lipinski definition) is 4. The van der Waals surface area contributed by atoms with Crippen molar-refractivity contribution in [3.05, 3.63) is 107 Å². The number of hydrogen-bond donors (Lipinski definition) is 0. The van der Waals surface area contributed by atoms with Crippen LogP contribution in [-0.2, 0) is 12.7 Å². The molecular formula is C24H22F3N5. The summed E-state index contributed by atoms with van der Waals surface area (Å²) in [6.45, 7) is 2.26. The summed E-state index contributed by atoms with van der Waals surface area (Å²) in [6, 6.07) is 22.5. The predicted octanol–water partition coefficient (Wildman–Crippen LogP) is 5.21. The normalized spacial score (nSPS) is 12.8. The van der Waals surface area contributed by atoms with Crippen LogP contribution in [0.15, 0.2) is 78.9 Å². The second kappa shape index (κ2) is 8.92. The summed E-state index contributed by atoms with van der Waals surface area (Å²) in [6.07, 6.45) is -4.39. The number of aryl methyl sites for hydroxylation is 1. The van der Waals surface area contributed by atoms with Gasteiger partial charge in [-0.1, -0.05) is 66.7 Å². The van der Waals surface area contributed by atoms with E-state index < -0.39 is 11.7 Å². The summed E-state index contributed by atoms with van der Waals surface area (Å²) >= 11 is 0. The van der Waals surface area contributed by atoms with Crippen molar-refractivity contribution in [2.75, 3.05) is 7.05 Å². The Morgan fingerprint density at radius 1 is 0.938 bits per heavy atom. The molecule has 0 N–H and O–H groups in total. The number of benzene rings is 3. The number of halogens is 3. The SMILES string of the molecule is Cc1ccccc1-n1nnnc1C(c1ccccc1)N(C)Cc1cccc(C(F)(F)F)c1. The monoisotopic (exact) mass is 437 g/mol. The first-order valence-electron chi connectivity index (χ1n) is 10.1. The van der Waals surface area contributed by atoms with E-state index in [1.165, 1.54) is 12.1 Å². The molecule has 0 bridgehead atoms. The largest absolute Gasteiger partial charge is 0.416 e. The quantitative estimate of drug-likeness (QED) is 0.415. The first-order valence-corrected chi connectivity index (χ1v) is 10.1. The van der Waals surface area contributed by atoms with E-state index in [9.17, 15) is 13.2 Å². The lowest BCUT2D eigenvalue weighted by molar-refractivity contribution is -0.137. The molecule has 164 valence electrons. The second-order valence-electron chi connectivity index (χ2n) is 7.66. The molecule has 8 heteroatoms. The van der Waals surface area contributed by atoms with Crippen LogP contribution in [0, 0.1) is 6.92 Å². The van der Waals surface area contributed by atoms with Gasteiger partial charge in [-0.2, -0.15) is 17.9 Å². The topological polar surface area (TPSA) is 46.8 Å². The van der Waals surface area contributed by atoms with Gasteiger partial charge >= 0.3 is 6.18 Å². The molecule has 0 aliphatic rings. The first-order chi connectivity index (χ1) is 15.3. The second-order valence-corrected chi connectivity index (χ2v) is 7.66. The molecule has 32 heavy (non-hydrogen) atoms. The number of alkyl halides is 3. The van der Waals surface area contributed by atoms with Crippen LogP contribution in [0.4, 0.5) is 13.2 Å². The molecule has 3 aromatic carbocycles. The fraction of sp³-hybridized carbons (Fsp3) is 0.208. The summed E-state index contributed by atoms with van der Waals surface area (Å²) in [7, 11) is 1.86. The highest BCUT2D eigenvalue weighted by Gasteiger charge is 2.31. The molecule has 0 spiro atoms. The average molecular weight is 437 g/mol. The zero-order chi connectivity index (χ0) is 22.7. The molecular weight excluding hydrogens is 415 g/mol. The van der Waals surface area contributed by atoms with E-state index in [1.807, 2.05) is 73.5 Å². The minimum absolute atomic E-state index is 0.282. The number of rotatable bonds is 6. The minimum atomic E-state index is -4.39. The van der Waals surface area contributed by atoms with Gasteiger partial charge in [0.05, 0.1) is 17.3 Å². The van der Waals surface area contributed by atoms with Crippen LogP contribution in [0.25, 0.3) is 5.69 Å². The number of nitrogens with zero attached hydrogens (tertiary/aromatic N) is 5. The lowest BCUT2D eigenvalue weighted by Gasteiger charge is -2.28. The third-order valence-corrected chi connectivity index (χ3v) is 5.32. The maximum Gasteiger partial charge on any atom is 0.416 e. The Hall–Kier alpha value is -3.52. The summed E-state index contributed by atoms with van der Waals surface area (Å²) in [5.74, 6) is 0.583. The van der Waals surface area contributed by atoms with Crippen LogP contribution < -0.4 is 0 Å². The van der Waals surface area contributed by atoms with Crippen LogP contribution in [0.5, 0.6) is 0 Å². The van der Waals surface area contributed by atoms with Gasteiger partial charge in [-0.15, -0.1) is 5.10 Å². The molecule has 1 atom stereocenters. The van der Waals surface area contributed by atoms with E-state index in [0.29, 0.717) is 11.4 Å². The van der Waals surface area contributed by atoms with Crippen LogP contribution in [0.3, 0.4) is 0 Å². The van der Waals surface area contributed by atoms with Crippen molar-refractivity contribution >= 4 is 0 Å². The Balaban J connectivity index is 1.74. The third kappa shape index (κ3) is 4.55. The van der Waals surface area contributed by atoms with Crippen molar-refractivity contribution < 1.29 is 13.2 Å². The Labute approximate surface area is 184 Å². The van der Waals surface area contributed by atoms with Crippen molar-refractivity contribution in [1.82, 2.24) is 25.1 Å². The number of para-hydroxylation sites is 1. The minimum Gasteiger partial charge on any atom is -0.288 e. The molecule has 1 heterocycles. The zero-order valence-electron chi connectivity index (χ0n) is 17.7. The lowest BCUT2D eigenvalue weighted by Crippen LogP contribution is -2.28. The highest BCUT2D eigenvalue weighted by Crippen LogP contribution is 2.32. The molecule has 0 fully saturated rings. The third-order valence-electron chi connectivity index (χ3n) is 5.32. The molecule has 0 saturated heterocycles. The molecule has 5 nitrogen and oxygen atoms in total. The van der Waals surface area contributed by atoms with Gasteiger partial charge in [0, 0.05) is 6.54 Å². The fourth-order valence-electron chi connectivity index (χ4n) is 3.80. The molecule has 0 saturated carbocycles. The van der Waals surface area contributed by atoms with E-state index in [0.717, 1.165) is 22.9 Å². The van der Waals surface area contributed by atoms with Gasteiger partial charge in [0.15, 0.2) is 5.82 Å². The van der Waals surface area contributed by atoms with Crippen LogP contribution in [0.1, 0.15) is 34.1 Å². The van der Waals surface area contributed by atoms with Crippen molar-refractivity contribution in [2.24, 2.45) is 0 Å². The first kappa shape index (κ1) is 21.7. The van der Waals surface area contributed by atoms with E-state index >= 15 is 0 Å². The number of aromatic nitrogens is 4. The van der Waals surface area contributed by atoms with Gasteiger partial charge in [0.2, 0.25) is 0 Å². The van der Waals surface area contributed by atoms with Gasteiger partial charge in [-0.05, 0) is 53.2 Å². The van der Waals surface area contributed by atoms with E-state index in [2.05, 4.69) is 15.5 Å². The fourth-order valence-corrected chi connectivity index (χ4v) is 3.80. The molecule has 1 aromatic heterocycles. The van der Waals surface area contributed by atoms with Crippen molar-refractivity contribution in [3.8, 4) is 5.69 Å². The average Bonchev–Trinajstić information content (AvgIpc) is 3.23. The molecule has 0 radical (unpaired) electrons. The maximum atomic E-state index is 13.2. The van der Waals surface area contributed by atoms with Gasteiger partial charge in [0.25, 0.3) is 0 Å². The summed E-state index contributed by atoms with van der Waals surface area (Å²) in [5.41, 5.74) is 2.68. The Morgan fingerprint density at radius 3 is 2.38 bits per heavy atom. The highest BCUT2D eigenvalue weighted by molar-refractivity contribution is 5.41. The molecule has 1 unspecified atom stereocenters. The Bertz CT molecular complexity index is 1190. The van der Waals surface area contributed by atoms with Gasteiger partial charge in [-0.25, -0.2) is 0 Å². The number of tetrazole rings is 1. The van der Waals surface area contributed by atoms with E-state index in [-0.39, 0.29) is 12.6 Å². The van der Waals surface area contributed by atoms with Crippen LogP contribution in [-0.4, -0.2) is 32.2 Å².